The lowest BCUT2D eigenvalue weighted by Gasteiger charge is -2.11. The van der Waals surface area contributed by atoms with Crippen LogP contribution in [0.25, 0.3) is 6.08 Å². The maximum absolute atomic E-state index is 12.5. The van der Waals surface area contributed by atoms with Gasteiger partial charge in [0.25, 0.3) is 0 Å². The highest BCUT2D eigenvalue weighted by molar-refractivity contribution is 7.99. The molecule has 0 radical (unpaired) electrons. The summed E-state index contributed by atoms with van der Waals surface area (Å²) in [6.07, 6.45) is 3.12. The zero-order valence-electron chi connectivity index (χ0n) is 21.3. The SMILES string of the molecule is CCOc1ccccc1NC(=O)CSc1nnc(CNC(=O)/C=C/c2ccc(OC)c(OC)c2)n1CC. The van der Waals surface area contributed by atoms with Crippen molar-refractivity contribution in [3.63, 3.8) is 0 Å². The van der Waals surface area contributed by atoms with Crippen LogP contribution in [-0.4, -0.2) is 53.2 Å². The minimum Gasteiger partial charge on any atom is -0.493 e. The Balaban J connectivity index is 1.54. The fraction of sp³-hybridized carbons (Fsp3) is 0.308. The Labute approximate surface area is 220 Å². The van der Waals surface area contributed by atoms with Gasteiger partial charge in [-0.15, -0.1) is 10.2 Å². The van der Waals surface area contributed by atoms with Gasteiger partial charge in [-0.25, -0.2) is 0 Å². The standard InChI is InChI=1S/C26H31N5O5S/c1-5-31-23(16-27-24(32)14-12-18-11-13-21(34-3)22(15-18)35-4)29-30-26(31)37-17-25(33)28-19-9-7-8-10-20(19)36-6-2/h7-15H,5-6,16-17H2,1-4H3,(H,27,32)(H,28,33)/b14-12+. The van der Waals surface area contributed by atoms with Crippen LogP contribution in [0.2, 0.25) is 0 Å². The number of carbonyl (C=O) groups is 2. The van der Waals surface area contributed by atoms with Gasteiger partial charge in [-0.2, -0.15) is 0 Å². The lowest BCUT2D eigenvalue weighted by molar-refractivity contribution is -0.116. The molecule has 2 N–H and O–H groups in total. The summed E-state index contributed by atoms with van der Waals surface area (Å²) < 4.78 is 17.9. The summed E-state index contributed by atoms with van der Waals surface area (Å²) in [6, 6.07) is 12.7. The summed E-state index contributed by atoms with van der Waals surface area (Å²) in [5.41, 5.74) is 1.42. The molecule has 3 aromatic rings. The van der Waals surface area contributed by atoms with E-state index in [4.69, 9.17) is 14.2 Å². The lowest BCUT2D eigenvalue weighted by atomic mass is 10.2. The first-order chi connectivity index (χ1) is 18.0. The molecular weight excluding hydrogens is 494 g/mol. The second-order valence-corrected chi connectivity index (χ2v) is 8.52. The summed E-state index contributed by atoms with van der Waals surface area (Å²) in [7, 11) is 3.13. The third-order valence-corrected chi connectivity index (χ3v) is 6.13. The Morgan fingerprint density at radius 2 is 1.81 bits per heavy atom. The summed E-state index contributed by atoms with van der Waals surface area (Å²) in [5, 5.41) is 14.7. The molecule has 0 saturated carbocycles. The van der Waals surface area contributed by atoms with E-state index in [1.807, 2.05) is 42.7 Å². The van der Waals surface area contributed by atoms with Gasteiger partial charge >= 0.3 is 0 Å². The molecule has 11 heteroatoms. The number of amides is 2. The van der Waals surface area contributed by atoms with Crippen molar-refractivity contribution < 1.29 is 23.8 Å². The van der Waals surface area contributed by atoms with Gasteiger partial charge in [0.15, 0.2) is 22.5 Å². The highest BCUT2D eigenvalue weighted by Crippen LogP contribution is 2.28. The number of thioether (sulfide) groups is 1. The molecule has 37 heavy (non-hydrogen) atoms. The van der Waals surface area contributed by atoms with E-state index in [0.717, 1.165) is 5.56 Å². The van der Waals surface area contributed by atoms with Gasteiger partial charge in [-0.1, -0.05) is 30.0 Å². The van der Waals surface area contributed by atoms with Crippen LogP contribution in [0.1, 0.15) is 25.2 Å². The quantitative estimate of drug-likeness (QED) is 0.256. The molecule has 0 unspecified atom stereocenters. The van der Waals surface area contributed by atoms with Crippen LogP contribution in [0, 0.1) is 0 Å². The first-order valence-electron chi connectivity index (χ1n) is 11.7. The van der Waals surface area contributed by atoms with Gasteiger partial charge in [0.05, 0.1) is 38.8 Å². The largest absolute Gasteiger partial charge is 0.493 e. The van der Waals surface area contributed by atoms with E-state index in [0.29, 0.717) is 47.1 Å². The maximum Gasteiger partial charge on any atom is 0.244 e. The number of hydrogen-bond acceptors (Lipinski definition) is 8. The van der Waals surface area contributed by atoms with E-state index in [-0.39, 0.29) is 24.1 Å². The third kappa shape index (κ3) is 7.74. The first kappa shape index (κ1) is 27.6. The Morgan fingerprint density at radius 1 is 1.03 bits per heavy atom. The number of rotatable bonds is 13. The number of hydrogen-bond donors (Lipinski definition) is 2. The van der Waals surface area contributed by atoms with E-state index in [1.54, 1.807) is 38.5 Å². The smallest absolute Gasteiger partial charge is 0.244 e. The number of nitrogens with zero attached hydrogens (tertiary/aromatic N) is 3. The molecule has 3 rings (SSSR count). The monoisotopic (exact) mass is 525 g/mol. The van der Waals surface area contributed by atoms with E-state index >= 15 is 0 Å². The molecule has 2 aromatic carbocycles. The van der Waals surface area contributed by atoms with E-state index < -0.39 is 0 Å². The highest BCUT2D eigenvalue weighted by Gasteiger charge is 2.15. The van der Waals surface area contributed by atoms with E-state index in [2.05, 4.69) is 20.8 Å². The Morgan fingerprint density at radius 3 is 2.54 bits per heavy atom. The van der Waals surface area contributed by atoms with Gasteiger partial charge in [-0.3, -0.25) is 9.59 Å². The third-order valence-electron chi connectivity index (χ3n) is 5.16. The predicted octanol–water partition coefficient (Wildman–Crippen LogP) is 3.77. The fourth-order valence-corrected chi connectivity index (χ4v) is 4.22. The maximum atomic E-state index is 12.5. The molecule has 196 valence electrons. The molecule has 10 nitrogen and oxygen atoms in total. The number of benzene rings is 2. The molecule has 1 heterocycles. The number of aromatic nitrogens is 3. The summed E-state index contributed by atoms with van der Waals surface area (Å²) in [4.78, 5) is 24.9. The van der Waals surface area contributed by atoms with Crippen LogP contribution in [0.4, 0.5) is 5.69 Å². The molecule has 0 atom stereocenters. The van der Waals surface area contributed by atoms with Gasteiger partial charge in [-0.05, 0) is 49.8 Å². The topological polar surface area (TPSA) is 117 Å². The number of nitrogens with one attached hydrogen (secondary N) is 2. The van der Waals surface area contributed by atoms with Crippen molar-refractivity contribution >= 4 is 35.3 Å². The van der Waals surface area contributed by atoms with Crippen molar-refractivity contribution in [2.45, 2.75) is 32.1 Å². The van der Waals surface area contributed by atoms with Crippen molar-refractivity contribution in [2.24, 2.45) is 0 Å². The first-order valence-corrected chi connectivity index (χ1v) is 12.7. The lowest BCUT2D eigenvalue weighted by Crippen LogP contribution is -2.22. The molecule has 0 aliphatic carbocycles. The van der Waals surface area contributed by atoms with Crippen molar-refractivity contribution in [1.29, 1.82) is 0 Å². The molecule has 2 amide bonds. The Bertz CT molecular complexity index is 1240. The molecule has 0 spiro atoms. The molecule has 0 aliphatic heterocycles. The van der Waals surface area contributed by atoms with Crippen LogP contribution in [0.3, 0.4) is 0 Å². The molecular formula is C26H31N5O5S. The molecule has 0 aliphatic rings. The minimum absolute atomic E-state index is 0.152. The second kappa shape index (κ2) is 13.9. The number of para-hydroxylation sites is 2. The van der Waals surface area contributed by atoms with Crippen molar-refractivity contribution in [1.82, 2.24) is 20.1 Å². The average molecular weight is 526 g/mol. The van der Waals surface area contributed by atoms with E-state index in [1.165, 1.54) is 17.8 Å². The van der Waals surface area contributed by atoms with Crippen molar-refractivity contribution in [2.75, 3.05) is 31.9 Å². The van der Waals surface area contributed by atoms with Crippen LogP contribution in [0.5, 0.6) is 17.2 Å². The summed E-state index contributed by atoms with van der Waals surface area (Å²) in [6.45, 7) is 5.14. The van der Waals surface area contributed by atoms with Crippen molar-refractivity contribution in [3.8, 4) is 17.2 Å². The summed E-state index contributed by atoms with van der Waals surface area (Å²) >= 11 is 1.27. The van der Waals surface area contributed by atoms with Crippen LogP contribution in [-0.2, 0) is 22.7 Å². The summed E-state index contributed by atoms with van der Waals surface area (Å²) in [5.74, 6) is 2.11. The zero-order chi connectivity index (χ0) is 26.6. The second-order valence-electron chi connectivity index (χ2n) is 7.57. The number of methoxy groups -OCH3 is 2. The molecule has 0 fully saturated rings. The Kier molecular flexibility index (Phi) is 10.4. The van der Waals surface area contributed by atoms with Gasteiger partial charge in [0.2, 0.25) is 11.8 Å². The van der Waals surface area contributed by atoms with Crippen LogP contribution in [0.15, 0.2) is 53.7 Å². The highest BCUT2D eigenvalue weighted by atomic mass is 32.2. The van der Waals surface area contributed by atoms with Gasteiger partial charge < -0.3 is 29.4 Å². The molecule has 1 aromatic heterocycles. The van der Waals surface area contributed by atoms with Gasteiger partial charge in [0.1, 0.15) is 5.75 Å². The Hall–Kier alpha value is -3.99. The van der Waals surface area contributed by atoms with E-state index in [9.17, 15) is 9.59 Å². The molecule has 0 saturated heterocycles. The molecule has 0 bridgehead atoms. The van der Waals surface area contributed by atoms with Crippen molar-refractivity contribution in [3.05, 3.63) is 59.9 Å². The predicted molar refractivity (Wildman–Crippen MR) is 143 cm³/mol. The number of ether oxygens (including phenoxy) is 3. The van der Waals surface area contributed by atoms with Crippen LogP contribution < -0.4 is 24.8 Å². The normalized spacial score (nSPS) is 10.8. The number of anilines is 1. The van der Waals surface area contributed by atoms with Crippen LogP contribution >= 0.6 is 11.8 Å². The zero-order valence-corrected chi connectivity index (χ0v) is 22.1. The van der Waals surface area contributed by atoms with Gasteiger partial charge in [0, 0.05) is 12.6 Å². The average Bonchev–Trinajstić information content (AvgIpc) is 3.32. The fourth-order valence-electron chi connectivity index (χ4n) is 3.40. The minimum atomic E-state index is -0.276. The number of carbonyl (C=O) groups excluding carboxylic acids is 2.